The van der Waals surface area contributed by atoms with Crippen molar-refractivity contribution in [3.05, 3.63) is 51.8 Å². The summed E-state index contributed by atoms with van der Waals surface area (Å²) in [5.74, 6) is -0.690. The third-order valence-electron chi connectivity index (χ3n) is 4.89. The van der Waals surface area contributed by atoms with Gasteiger partial charge in [-0.3, -0.25) is 14.0 Å². The number of aliphatic hydroxyl groups excluding tert-OH is 1. The molecule has 0 bridgehead atoms. The summed E-state index contributed by atoms with van der Waals surface area (Å²) in [4.78, 5) is 26.6. The van der Waals surface area contributed by atoms with Crippen molar-refractivity contribution in [2.75, 3.05) is 6.54 Å². The van der Waals surface area contributed by atoms with E-state index in [0.29, 0.717) is 36.3 Å². The molecule has 0 spiro atoms. The van der Waals surface area contributed by atoms with Crippen molar-refractivity contribution in [2.24, 2.45) is 0 Å². The van der Waals surface area contributed by atoms with Gasteiger partial charge >= 0.3 is 5.76 Å². The van der Waals surface area contributed by atoms with E-state index < -0.39 is 5.76 Å². The Morgan fingerprint density at radius 2 is 2.15 bits per heavy atom. The molecule has 0 saturated carbocycles. The Morgan fingerprint density at radius 3 is 2.92 bits per heavy atom. The van der Waals surface area contributed by atoms with Crippen LogP contribution in [0.4, 0.5) is 0 Å². The Bertz CT molecular complexity index is 1030. The van der Waals surface area contributed by atoms with E-state index in [1.54, 1.807) is 29.2 Å². The second-order valence-corrected chi connectivity index (χ2v) is 6.33. The average molecular weight is 356 g/mol. The predicted molar refractivity (Wildman–Crippen MR) is 93.4 cm³/mol. The molecule has 0 aliphatic carbocycles. The highest BCUT2D eigenvalue weighted by molar-refractivity contribution is 5.79. The molecule has 0 fully saturated rings. The molecule has 1 aliphatic rings. The van der Waals surface area contributed by atoms with Gasteiger partial charge < -0.3 is 14.4 Å². The van der Waals surface area contributed by atoms with Crippen molar-refractivity contribution in [3.8, 4) is 0 Å². The summed E-state index contributed by atoms with van der Waals surface area (Å²) in [6.45, 7) is 3.47. The molecular weight excluding hydrogens is 336 g/mol. The number of benzene rings is 1. The van der Waals surface area contributed by atoms with E-state index in [1.807, 2.05) is 11.6 Å². The summed E-state index contributed by atoms with van der Waals surface area (Å²) in [5.41, 5.74) is 3.69. The molecule has 8 heteroatoms. The molecule has 8 nitrogen and oxygen atoms in total. The van der Waals surface area contributed by atoms with Crippen molar-refractivity contribution < 1.29 is 14.3 Å². The maximum Gasteiger partial charge on any atom is 0.420 e. The van der Waals surface area contributed by atoms with Gasteiger partial charge in [-0.15, -0.1) is 0 Å². The van der Waals surface area contributed by atoms with Crippen LogP contribution >= 0.6 is 0 Å². The Kier molecular flexibility index (Phi) is 4.12. The van der Waals surface area contributed by atoms with Gasteiger partial charge in [-0.2, -0.15) is 5.10 Å². The minimum absolute atomic E-state index is 0.0679. The highest BCUT2D eigenvalue weighted by Crippen LogP contribution is 2.23. The zero-order valence-electron chi connectivity index (χ0n) is 14.5. The molecule has 0 radical (unpaired) electrons. The highest BCUT2D eigenvalue weighted by atomic mass is 16.4. The molecule has 3 aromatic rings. The monoisotopic (exact) mass is 356 g/mol. The summed E-state index contributed by atoms with van der Waals surface area (Å²) in [6, 6.07) is 7.05. The van der Waals surface area contributed by atoms with Crippen molar-refractivity contribution in [1.82, 2.24) is 19.2 Å². The van der Waals surface area contributed by atoms with Crippen molar-refractivity contribution >= 4 is 17.0 Å². The van der Waals surface area contributed by atoms with E-state index in [4.69, 9.17) is 4.42 Å². The van der Waals surface area contributed by atoms with E-state index in [9.17, 15) is 14.7 Å². The summed E-state index contributed by atoms with van der Waals surface area (Å²) in [5, 5.41) is 14.0. The second-order valence-electron chi connectivity index (χ2n) is 6.33. The molecule has 136 valence electrons. The van der Waals surface area contributed by atoms with E-state index in [2.05, 4.69) is 5.10 Å². The van der Waals surface area contributed by atoms with Gasteiger partial charge in [0.15, 0.2) is 5.58 Å². The van der Waals surface area contributed by atoms with Gasteiger partial charge in [0, 0.05) is 37.3 Å². The van der Waals surface area contributed by atoms with E-state index >= 15 is 0 Å². The molecule has 1 aromatic carbocycles. The van der Waals surface area contributed by atoms with Crippen LogP contribution in [-0.4, -0.2) is 36.8 Å². The Hall–Kier alpha value is -2.87. The Morgan fingerprint density at radius 1 is 1.35 bits per heavy atom. The SMILES string of the molecule is CCn1nc(CO)c2c1CCN(C(=O)Cn1c(=O)oc3ccccc31)C2. The second kappa shape index (κ2) is 6.45. The number of aryl methyl sites for hydroxylation is 1. The minimum Gasteiger partial charge on any atom is -0.408 e. The number of carbonyl (C=O) groups is 1. The van der Waals surface area contributed by atoms with Crippen LogP contribution < -0.4 is 5.76 Å². The molecule has 3 heterocycles. The van der Waals surface area contributed by atoms with Crippen LogP contribution in [0.1, 0.15) is 23.9 Å². The maximum atomic E-state index is 12.8. The van der Waals surface area contributed by atoms with E-state index in [-0.39, 0.29) is 19.1 Å². The smallest absolute Gasteiger partial charge is 0.408 e. The zero-order valence-corrected chi connectivity index (χ0v) is 14.5. The van der Waals surface area contributed by atoms with Gasteiger partial charge in [0.25, 0.3) is 0 Å². The third-order valence-corrected chi connectivity index (χ3v) is 4.89. The third kappa shape index (κ3) is 2.62. The lowest BCUT2D eigenvalue weighted by molar-refractivity contribution is -0.132. The van der Waals surface area contributed by atoms with Gasteiger partial charge in [0.2, 0.25) is 5.91 Å². The number of rotatable bonds is 4. The summed E-state index contributed by atoms with van der Waals surface area (Å²) in [6.07, 6.45) is 0.683. The molecule has 0 unspecified atom stereocenters. The number of amides is 1. The number of aliphatic hydroxyl groups is 1. The quantitative estimate of drug-likeness (QED) is 0.749. The fraction of sp³-hybridized carbons (Fsp3) is 0.389. The number of hydrogen-bond acceptors (Lipinski definition) is 5. The fourth-order valence-corrected chi connectivity index (χ4v) is 3.56. The van der Waals surface area contributed by atoms with E-state index in [1.165, 1.54) is 4.57 Å². The normalized spacial score (nSPS) is 14.0. The number of para-hydroxylation sites is 2. The molecule has 4 rings (SSSR count). The van der Waals surface area contributed by atoms with Crippen molar-refractivity contribution in [1.29, 1.82) is 0 Å². The predicted octanol–water partition coefficient (Wildman–Crippen LogP) is 0.888. The van der Waals surface area contributed by atoms with Crippen LogP contribution in [0.3, 0.4) is 0 Å². The fourth-order valence-electron chi connectivity index (χ4n) is 3.56. The van der Waals surface area contributed by atoms with E-state index in [0.717, 1.165) is 17.8 Å². The lowest BCUT2D eigenvalue weighted by Crippen LogP contribution is -2.39. The summed E-state index contributed by atoms with van der Waals surface area (Å²) < 4.78 is 8.43. The zero-order chi connectivity index (χ0) is 18.3. The van der Waals surface area contributed by atoms with Gasteiger partial charge in [-0.05, 0) is 19.1 Å². The first-order chi connectivity index (χ1) is 12.6. The summed E-state index contributed by atoms with van der Waals surface area (Å²) in [7, 11) is 0. The molecule has 1 N–H and O–H groups in total. The van der Waals surface area contributed by atoms with Crippen LogP contribution in [0, 0.1) is 0 Å². The molecule has 1 amide bonds. The largest absolute Gasteiger partial charge is 0.420 e. The first-order valence-electron chi connectivity index (χ1n) is 8.66. The molecular formula is C18H20N4O4. The van der Waals surface area contributed by atoms with Crippen LogP contribution in [0.5, 0.6) is 0 Å². The lowest BCUT2D eigenvalue weighted by atomic mass is 10.1. The van der Waals surface area contributed by atoms with Crippen molar-refractivity contribution in [3.63, 3.8) is 0 Å². The molecule has 1 aliphatic heterocycles. The first-order valence-corrected chi connectivity index (χ1v) is 8.66. The first kappa shape index (κ1) is 16.6. The van der Waals surface area contributed by atoms with Gasteiger partial charge in [-0.1, -0.05) is 12.1 Å². The highest BCUT2D eigenvalue weighted by Gasteiger charge is 2.27. The number of aromatic nitrogens is 3. The summed E-state index contributed by atoms with van der Waals surface area (Å²) >= 11 is 0. The van der Waals surface area contributed by atoms with Crippen molar-refractivity contribution in [2.45, 2.75) is 39.6 Å². The number of oxazole rings is 1. The molecule has 2 aromatic heterocycles. The lowest BCUT2D eigenvalue weighted by Gasteiger charge is -2.28. The number of hydrogen-bond donors (Lipinski definition) is 1. The van der Waals surface area contributed by atoms with Crippen LogP contribution in [0.15, 0.2) is 33.5 Å². The minimum atomic E-state index is -0.535. The van der Waals surface area contributed by atoms with Crippen LogP contribution in [-0.2, 0) is 37.5 Å². The van der Waals surface area contributed by atoms with Crippen LogP contribution in [0.25, 0.3) is 11.1 Å². The van der Waals surface area contributed by atoms with Gasteiger partial charge in [-0.25, -0.2) is 4.79 Å². The van der Waals surface area contributed by atoms with Gasteiger partial charge in [0.05, 0.1) is 17.8 Å². The standard InChI is InChI=1S/C18H20N4O4/c1-2-22-14-7-8-20(9-12(14)13(11-23)19-22)17(24)10-21-15-5-3-4-6-16(15)26-18(21)25/h3-6,23H,2,7-11H2,1H3. The molecule has 26 heavy (non-hydrogen) atoms. The van der Waals surface area contributed by atoms with Gasteiger partial charge in [0.1, 0.15) is 6.54 Å². The Labute approximate surface area is 149 Å². The number of nitrogens with zero attached hydrogens (tertiary/aromatic N) is 4. The van der Waals surface area contributed by atoms with Crippen LogP contribution in [0.2, 0.25) is 0 Å². The molecule has 0 atom stereocenters. The number of fused-ring (bicyclic) bond motifs is 2. The average Bonchev–Trinajstić information content (AvgIpc) is 3.18. The number of carbonyl (C=O) groups excluding carboxylic acids is 1. The topological polar surface area (TPSA) is 93.5 Å². The molecule has 0 saturated heterocycles. The maximum absolute atomic E-state index is 12.8. The Balaban J connectivity index is 1.59.